The van der Waals surface area contributed by atoms with E-state index in [9.17, 15) is 24.0 Å². The van der Waals surface area contributed by atoms with E-state index in [1.165, 1.54) is 30.1 Å². The number of fused-ring (bicyclic) bond motifs is 1. The van der Waals surface area contributed by atoms with Crippen molar-refractivity contribution in [2.45, 2.75) is 26.4 Å². The average Bonchev–Trinajstić information content (AvgIpc) is 3.05. The zero-order valence-corrected chi connectivity index (χ0v) is 18.6. The lowest BCUT2D eigenvalue weighted by Crippen LogP contribution is -2.41. The summed E-state index contributed by atoms with van der Waals surface area (Å²) in [5.74, 6) is -2.26. The second-order valence-corrected chi connectivity index (χ2v) is 7.97. The lowest BCUT2D eigenvalue weighted by Gasteiger charge is -2.17. The fourth-order valence-corrected chi connectivity index (χ4v) is 3.32. The van der Waals surface area contributed by atoms with Crippen molar-refractivity contribution in [3.63, 3.8) is 0 Å². The maximum absolute atomic E-state index is 12.9. The zero-order chi connectivity index (χ0) is 24.1. The van der Waals surface area contributed by atoms with Crippen LogP contribution in [-0.4, -0.2) is 48.2 Å². The molecule has 3 rings (SSSR count). The van der Waals surface area contributed by atoms with Crippen LogP contribution in [0.2, 0.25) is 0 Å². The van der Waals surface area contributed by atoms with E-state index in [2.05, 4.69) is 10.6 Å². The minimum Gasteiger partial charge on any atom is -0.444 e. The molecular weight excluding hydrogens is 426 g/mol. The number of benzene rings is 2. The molecule has 9 heteroatoms. The quantitative estimate of drug-likeness (QED) is 0.493. The number of nitrogens with one attached hydrogen (secondary N) is 2. The van der Waals surface area contributed by atoms with Gasteiger partial charge in [-0.2, -0.15) is 0 Å². The second kappa shape index (κ2) is 10.1. The van der Waals surface area contributed by atoms with Gasteiger partial charge >= 0.3 is 12.0 Å². The molecule has 172 valence electrons. The Morgan fingerprint density at radius 3 is 2.27 bits per heavy atom. The van der Waals surface area contributed by atoms with E-state index in [1.807, 2.05) is 13.8 Å². The highest BCUT2D eigenvalue weighted by Gasteiger charge is 2.36. The number of carbonyl (C=O) groups excluding carboxylic acids is 5. The molecule has 2 aromatic carbocycles. The van der Waals surface area contributed by atoms with Gasteiger partial charge in [-0.25, -0.2) is 9.59 Å². The molecule has 2 N–H and O–H groups in total. The predicted molar refractivity (Wildman–Crippen MR) is 118 cm³/mol. The number of carbonyl (C=O) groups is 5. The van der Waals surface area contributed by atoms with Crippen LogP contribution >= 0.6 is 0 Å². The topological polar surface area (TPSA) is 122 Å². The first kappa shape index (κ1) is 23.6. The van der Waals surface area contributed by atoms with Crippen LogP contribution < -0.4 is 10.6 Å². The number of amides is 5. The molecule has 33 heavy (non-hydrogen) atoms. The maximum atomic E-state index is 12.9. The SMILES string of the molecule is CNC(=O)NC(=O)C(OC(=O)c1ccc2c(c1)C(=O)N(CCC(C)C)C2=O)c1ccccc1. The van der Waals surface area contributed by atoms with Crippen molar-refractivity contribution in [1.82, 2.24) is 15.5 Å². The number of ether oxygens (including phenoxy) is 1. The van der Waals surface area contributed by atoms with Crippen LogP contribution in [0, 0.1) is 5.92 Å². The Labute approximate surface area is 191 Å². The molecule has 9 nitrogen and oxygen atoms in total. The molecule has 0 saturated heterocycles. The molecule has 0 bridgehead atoms. The van der Waals surface area contributed by atoms with E-state index >= 15 is 0 Å². The van der Waals surface area contributed by atoms with Crippen molar-refractivity contribution < 1.29 is 28.7 Å². The van der Waals surface area contributed by atoms with Crippen LogP contribution in [0.4, 0.5) is 4.79 Å². The summed E-state index contributed by atoms with van der Waals surface area (Å²) >= 11 is 0. The van der Waals surface area contributed by atoms with E-state index in [4.69, 9.17) is 4.74 Å². The van der Waals surface area contributed by atoms with Crippen molar-refractivity contribution in [2.75, 3.05) is 13.6 Å². The van der Waals surface area contributed by atoms with E-state index in [-0.39, 0.29) is 16.7 Å². The highest BCUT2D eigenvalue weighted by atomic mass is 16.5. The van der Waals surface area contributed by atoms with E-state index < -0.39 is 35.8 Å². The van der Waals surface area contributed by atoms with Crippen LogP contribution in [0.5, 0.6) is 0 Å². The lowest BCUT2D eigenvalue weighted by molar-refractivity contribution is -0.129. The highest BCUT2D eigenvalue weighted by Crippen LogP contribution is 2.26. The molecule has 1 aliphatic rings. The van der Waals surface area contributed by atoms with Crippen molar-refractivity contribution >= 4 is 29.7 Å². The summed E-state index contributed by atoms with van der Waals surface area (Å²) in [6, 6.07) is 11.5. The number of imide groups is 2. The second-order valence-electron chi connectivity index (χ2n) is 7.97. The number of urea groups is 1. The smallest absolute Gasteiger partial charge is 0.339 e. The summed E-state index contributed by atoms with van der Waals surface area (Å²) in [6.45, 7) is 4.28. The number of esters is 1. The molecule has 0 aromatic heterocycles. The monoisotopic (exact) mass is 451 g/mol. The fourth-order valence-electron chi connectivity index (χ4n) is 3.32. The van der Waals surface area contributed by atoms with Crippen molar-refractivity contribution in [3.8, 4) is 0 Å². The molecule has 0 radical (unpaired) electrons. The van der Waals surface area contributed by atoms with Gasteiger partial charge in [0, 0.05) is 19.2 Å². The molecule has 5 amide bonds. The van der Waals surface area contributed by atoms with Crippen molar-refractivity contribution in [1.29, 1.82) is 0 Å². The summed E-state index contributed by atoms with van der Waals surface area (Å²) in [5.41, 5.74) is 0.704. The third kappa shape index (κ3) is 5.25. The molecule has 0 aliphatic carbocycles. The first-order valence-electron chi connectivity index (χ1n) is 10.5. The van der Waals surface area contributed by atoms with Crippen LogP contribution in [0.15, 0.2) is 48.5 Å². The molecule has 0 fully saturated rings. The number of rotatable bonds is 7. The minimum absolute atomic E-state index is 0.00860. The van der Waals surface area contributed by atoms with E-state index in [0.717, 1.165) is 0 Å². The van der Waals surface area contributed by atoms with E-state index in [1.54, 1.807) is 30.3 Å². The lowest BCUT2D eigenvalue weighted by atomic mass is 10.1. The molecule has 1 aliphatic heterocycles. The van der Waals surface area contributed by atoms with Gasteiger partial charge in [0.05, 0.1) is 16.7 Å². The van der Waals surface area contributed by atoms with Gasteiger partial charge in [0.2, 0.25) is 6.10 Å². The van der Waals surface area contributed by atoms with Gasteiger partial charge in [-0.3, -0.25) is 24.6 Å². The zero-order valence-electron chi connectivity index (χ0n) is 18.6. The Bertz CT molecular complexity index is 1100. The normalized spacial score (nSPS) is 13.5. The summed E-state index contributed by atoms with van der Waals surface area (Å²) in [4.78, 5) is 63.5. The molecule has 1 heterocycles. The first-order chi connectivity index (χ1) is 15.7. The molecule has 1 atom stereocenters. The van der Waals surface area contributed by atoms with Crippen LogP contribution in [0.1, 0.15) is 63.0 Å². The predicted octanol–water partition coefficient (Wildman–Crippen LogP) is 2.68. The molecular formula is C24H25N3O6. The summed E-state index contributed by atoms with van der Waals surface area (Å²) in [7, 11) is 1.35. The van der Waals surface area contributed by atoms with Crippen molar-refractivity contribution in [2.24, 2.45) is 5.92 Å². The van der Waals surface area contributed by atoms with Gasteiger partial charge in [0.1, 0.15) is 0 Å². The Hall–Kier alpha value is -4.01. The number of hydrogen-bond acceptors (Lipinski definition) is 6. The Morgan fingerprint density at radius 1 is 0.970 bits per heavy atom. The summed E-state index contributed by atoms with van der Waals surface area (Å²) < 4.78 is 5.42. The van der Waals surface area contributed by atoms with Gasteiger partial charge in [-0.1, -0.05) is 44.2 Å². The first-order valence-corrected chi connectivity index (χ1v) is 10.5. The summed E-state index contributed by atoms with van der Waals surface area (Å²) in [6.07, 6.45) is -0.733. The Kier molecular flexibility index (Phi) is 7.22. The standard InChI is InChI=1S/C24H25N3O6/c1-14(2)11-12-27-21(29)17-10-9-16(13-18(17)22(27)30)23(31)33-19(15-7-5-4-6-8-15)20(28)26-24(32)25-3/h4-10,13-14,19H,11-12H2,1-3H3,(H2,25,26,28,32). The minimum atomic E-state index is -1.40. The largest absolute Gasteiger partial charge is 0.444 e. The molecule has 0 spiro atoms. The van der Waals surface area contributed by atoms with Crippen LogP contribution in [0.25, 0.3) is 0 Å². The van der Waals surface area contributed by atoms with Gasteiger partial charge in [0.15, 0.2) is 0 Å². The Balaban J connectivity index is 1.83. The van der Waals surface area contributed by atoms with Crippen molar-refractivity contribution in [3.05, 3.63) is 70.8 Å². The summed E-state index contributed by atoms with van der Waals surface area (Å²) in [5, 5.41) is 4.36. The molecule has 2 aromatic rings. The third-order valence-corrected chi connectivity index (χ3v) is 5.17. The number of nitrogens with zero attached hydrogens (tertiary/aromatic N) is 1. The third-order valence-electron chi connectivity index (χ3n) is 5.17. The van der Waals surface area contributed by atoms with Gasteiger partial charge in [0.25, 0.3) is 17.7 Å². The van der Waals surface area contributed by atoms with Gasteiger partial charge in [-0.05, 0) is 30.5 Å². The molecule has 0 saturated carbocycles. The average molecular weight is 451 g/mol. The maximum Gasteiger partial charge on any atom is 0.339 e. The number of hydrogen-bond donors (Lipinski definition) is 2. The van der Waals surface area contributed by atoms with Crippen LogP contribution in [-0.2, 0) is 9.53 Å². The molecule has 1 unspecified atom stereocenters. The van der Waals surface area contributed by atoms with Gasteiger partial charge in [-0.15, -0.1) is 0 Å². The Morgan fingerprint density at radius 2 is 1.64 bits per heavy atom. The van der Waals surface area contributed by atoms with Gasteiger partial charge < -0.3 is 10.1 Å². The van der Waals surface area contributed by atoms with E-state index in [0.29, 0.717) is 24.4 Å². The fraction of sp³-hybridized carbons (Fsp3) is 0.292. The van der Waals surface area contributed by atoms with Crippen LogP contribution in [0.3, 0.4) is 0 Å². The highest BCUT2D eigenvalue weighted by molar-refractivity contribution is 6.22.